The molecule has 2 rings (SSSR count). The van der Waals surface area contributed by atoms with Crippen LogP contribution in [-0.2, 0) is 0 Å². The van der Waals surface area contributed by atoms with Crippen LogP contribution >= 0.6 is 0 Å². The Morgan fingerprint density at radius 2 is 1.60 bits per heavy atom. The first-order valence-corrected chi connectivity index (χ1v) is 7.18. The van der Waals surface area contributed by atoms with Crippen LogP contribution in [0.3, 0.4) is 0 Å². The standard InChI is InChI=1S/C18H22N2/c1-4-20(5-2)18-10-8-16(9-11-18)6-7-17-12-13-19-15(3)14-17/h6-14H,4-5H2,1-3H3. The van der Waals surface area contributed by atoms with Crippen molar-refractivity contribution in [3.63, 3.8) is 0 Å². The first-order valence-electron chi connectivity index (χ1n) is 7.18. The maximum atomic E-state index is 4.21. The van der Waals surface area contributed by atoms with Gasteiger partial charge in [0.1, 0.15) is 0 Å². The summed E-state index contributed by atoms with van der Waals surface area (Å²) in [5.41, 5.74) is 4.73. The van der Waals surface area contributed by atoms with E-state index in [4.69, 9.17) is 0 Å². The number of benzene rings is 1. The van der Waals surface area contributed by atoms with E-state index in [-0.39, 0.29) is 0 Å². The van der Waals surface area contributed by atoms with Crippen molar-refractivity contribution in [3.05, 3.63) is 59.4 Å². The number of rotatable bonds is 5. The molecule has 104 valence electrons. The molecule has 0 saturated carbocycles. The van der Waals surface area contributed by atoms with Crippen LogP contribution < -0.4 is 4.90 Å². The Hall–Kier alpha value is -2.09. The smallest absolute Gasteiger partial charge is 0.0378 e. The predicted molar refractivity (Wildman–Crippen MR) is 87.9 cm³/mol. The summed E-state index contributed by atoms with van der Waals surface area (Å²) in [7, 11) is 0. The lowest BCUT2D eigenvalue weighted by molar-refractivity contribution is 0.866. The van der Waals surface area contributed by atoms with Gasteiger partial charge in [-0.15, -0.1) is 0 Å². The van der Waals surface area contributed by atoms with Gasteiger partial charge in [-0.1, -0.05) is 24.3 Å². The maximum Gasteiger partial charge on any atom is 0.0378 e. The molecule has 2 heteroatoms. The summed E-state index contributed by atoms with van der Waals surface area (Å²) < 4.78 is 0. The highest BCUT2D eigenvalue weighted by molar-refractivity contribution is 5.70. The van der Waals surface area contributed by atoms with Crippen LogP contribution in [0.25, 0.3) is 12.2 Å². The minimum Gasteiger partial charge on any atom is -0.372 e. The fourth-order valence-electron chi connectivity index (χ4n) is 2.25. The first-order chi connectivity index (χ1) is 9.72. The Morgan fingerprint density at radius 3 is 2.20 bits per heavy atom. The van der Waals surface area contributed by atoms with Gasteiger partial charge in [0.25, 0.3) is 0 Å². The van der Waals surface area contributed by atoms with Gasteiger partial charge < -0.3 is 4.90 Å². The van der Waals surface area contributed by atoms with Crippen LogP contribution in [0.15, 0.2) is 42.6 Å². The van der Waals surface area contributed by atoms with Crippen LogP contribution in [0.2, 0.25) is 0 Å². The van der Waals surface area contributed by atoms with Crippen LogP contribution in [0, 0.1) is 6.92 Å². The molecule has 0 aliphatic heterocycles. The molecule has 0 unspecified atom stereocenters. The van der Waals surface area contributed by atoms with Gasteiger partial charge in [-0.2, -0.15) is 0 Å². The first kappa shape index (κ1) is 14.3. The topological polar surface area (TPSA) is 16.1 Å². The van der Waals surface area contributed by atoms with Gasteiger partial charge in [-0.3, -0.25) is 4.98 Å². The normalized spacial score (nSPS) is 10.9. The number of hydrogen-bond acceptors (Lipinski definition) is 2. The van der Waals surface area contributed by atoms with Crippen molar-refractivity contribution < 1.29 is 0 Å². The summed E-state index contributed by atoms with van der Waals surface area (Å²) in [6.45, 7) is 8.46. The largest absolute Gasteiger partial charge is 0.372 e. The summed E-state index contributed by atoms with van der Waals surface area (Å²) in [6.07, 6.45) is 6.11. The lowest BCUT2D eigenvalue weighted by Gasteiger charge is -2.20. The molecule has 0 aliphatic rings. The molecule has 0 spiro atoms. The third-order valence-corrected chi connectivity index (χ3v) is 3.41. The number of nitrogens with zero attached hydrogens (tertiary/aromatic N) is 2. The number of aryl methyl sites for hydroxylation is 1. The minimum atomic E-state index is 1.04. The second-order valence-corrected chi connectivity index (χ2v) is 4.83. The summed E-state index contributed by atoms with van der Waals surface area (Å²) in [4.78, 5) is 6.55. The quantitative estimate of drug-likeness (QED) is 0.797. The monoisotopic (exact) mass is 266 g/mol. The molecule has 1 aromatic heterocycles. The summed E-state index contributed by atoms with van der Waals surface area (Å²) in [6, 6.07) is 12.8. The van der Waals surface area contributed by atoms with Gasteiger partial charge in [0.15, 0.2) is 0 Å². The number of pyridine rings is 1. The Kier molecular flexibility index (Phi) is 4.94. The van der Waals surface area contributed by atoms with Crippen LogP contribution in [0.4, 0.5) is 5.69 Å². The van der Waals surface area contributed by atoms with Crippen molar-refractivity contribution in [2.75, 3.05) is 18.0 Å². The van der Waals surface area contributed by atoms with Gasteiger partial charge >= 0.3 is 0 Å². The molecule has 2 nitrogen and oxygen atoms in total. The van der Waals surface area contributed by atoms with E-state index in [9.17, 15) is 0 Å². The van der Waals surface area contributed by atoms with Gasteiger partial charge in [0.05, 0.1) is 0 Å². The molecule has 0 aliphatic carbocycles. The van der Waals surface area contributed by atoms with E-state index in [2.05, 4.69) is 66.2 Å². The third kappa shape index (κ3) is 3.70. The summed E-state index contributed by atoms with van der Waals surface area (Å²) >= 11 is 0. The fourth-order valence-corrected chi connectivity index (χ4v) is 2.25. The average Bonchev–Trinajstić information content (AvgIpc) is 2.48. The summed E-state index contributed by atoms with van der Waals surface area (Å²) in [5.74, 6) is 0. The molecule has 1 heterocycles. The van der Waals surface area contributed by atoms with E-state index in [1.807, 2.05) is 19.2 Å². The molecule has 0 N–H and O–H groups in total. The van der Waals surface area contributed by atoms with E-state index >= 15 is 0 Å². The van der Waals surface area contributed by atoms with E-state index in [1.165, 1.54) is 16.8 Å². The molecule has 1 aromatic carbocycles. The van der Waals surface area contributed by atoms with Crippen LogP contribution in [0.5, 0.6) is 0 Å². The maximum absolute atomic E-state index is 4.21. The van der Waals surface area contributed by atoms with E-state index in [0.29, 0.717) is 0 Å². The molecule has 0 saturated heterocycles. The highest BCUT2D eigenvalue weighted by Gasteiger charge is 2.00. The third-order valence-electron chi connectivity index (χ3n) is 3.41. The molecule has 2 aromatic rings. The second-order valence-electron chi connectivity index (χ2n) is 4.83. The number of anilines is 1. The Bertz CT molecular complexity index is 566. The Balaban J connectivity index is 2.11. The van der Waals surface area contributed by atoms with Crippen molar-refractivity contribution in [1.82, 2.24) is 4.98 Å². The van der Waals surface area contributed by atoms with Gasteiger partial charge in [0, 0.05) is 30.7 Å². The second kappa shape index (κ2) is 6.90. The molecule has 0 amide bonds. The van der Waals surface area contributed by atoms with Gasteiger partial charge in [-0.05, 0) is 56.2 Å². The zero-order valence-corrected chi connectivity index (χ0v) is 12.5. The van der Waals surface area contributed by atoms with Crippen LogP contribution in [0.1, 0.15) is 30.7 Å². The van der Waals surface area contributed by atoms with Crippen molar-refractivity contribution in [2.45, 2.75) is 20.8 Å². The molecule has 0 bridgehead atoms. The number of aromatic nitrogens is 1. The van der Waals surface area contributed by atoms with Crippen molar-refractivity contribution in [3.8, 4) is 0 Å². The molecule has 0 atom stereocenters. The lowest BCUT2D eigenvalue weighted by Crippen LogP contribution is -2.21. The zero-order chi connectivity index (χ0) is 14.4. The van der Waals surface area contributed by atoms with Gasteiger partial charge in [0.2, 0.25) is 0 Å². The SMILES string of the molecule is CCN(CC)c1ccc(C=Cc2ccnc(C)c2)cc1. The highest BCUT2D eigenvalue weighted by atomic mass is 15.1. The van der Waals surface area contributed by atoms with Crippen molar-refractivity contribution >= 4 is 17.8 Å². The predicted octanol–water partition coefficient (Wildman–Crippen LogP) is 4.41. The van der Waals surface area contributed by atoms with E-state index in [1.54, 1.807) is 0 Å². The molecular weight excluding hydrogens is 244 g/mol. The average molecular weight is 266 g/mol. The molecule has 0 radical (unpaired) electrons. The van der Waals surface area contributed by atoms with Crippen molar-refractivity contribution in [2.24, 2.45) is 0 Å². The fraction of sp³-hybridized carbons (Fsp3) is 0.278. The minimum absolute atomic E-state index is 1.04. The summed E-state index contributed by atoms with van der Waals surface area (Å²) in [5, 5.41) is 0. The van der Waals surface area contributed by atoms with Crippen molar-refractivity contribution in [1.29, 1.82) is 0 Å². The van der Waals surface area contributed by atoms with E-state index in [0.717, 1.165) is 18.8 Å². The van der Waals surface area contributed by atoms with Gasteiger partial charge in [-0.25, -0.2) is 0 Å². The zero-order valence-electron chi connectivity index (χ0n) is 12.5. The highest BCUT2D eigenvalue weighted by Crippen LogP contribution is 2.16. The van der Waals surface area contributed by atoms with E-state index < -0.39 is 0 Å². The molecular formula is C18H22N2. The lowest BCUT2D eigenvalue weighted by atomic mass is 10.1. The number of hydrogen-bond donors (Lipinski definition) is 0. The van der Waals surface area contributed by atoms with Crippen LogP contribution in [-0.4, -0.2) is 18.1 Å². The molecule has 20 heavy (non-hydrogen) atoms. The molecule has 0 fully saturated rings. The Morgan fingerprint density at radius 1 is 0.950 bits per heavy atom. The Labute approximate surface area is 121 Å².